The smallest absolute Gasteiger partial charge is 0.274 e. The zero-order valence-corrected chi connectivity index (χ0v) is 14.6. The Bertz CT molecular complexity index is 912. The van der Waals surface area contributed by atoms with Crippen molar-refractivity contribution in [3.05, 3.63) is 77.9 Å². The predicted molar refractivity (Wildman–Crippen MR) is 100 cm³/mol. The van der Waals surface area contributed by atoms with E-state index in [1.54, 1.807) is 12.3 Å². The molecule has 0 atom stereocenters. The van der Waals surface area contributed by atoms with Gasteiger partial charge < -0.3 is 10.2 Å². The van der Waals surface area contributed by atoms with E-state index in [4.69, 9.17) is 0 Å². The van der Waals surface area contributed by atoms with Crippen molar-refractivity contribution in [1.29, 1.82) is 0 Å². The van der Waals surface area contributed by atoms with Gasteiger partial charge in [0.2, 0.25) is 5.95 Å². The number of hydrogen-bond acceptors (Lipinski definition) is 4. The number of amides is 1. The third-order valence-corrected chi connectivity index (χ3v) is 3.85. The van der Waals surface area contributed by atoms with Crippen molar-refractivity contribution < 1.29 is 9.18 Å². The normalized spacial score (nSPS) is 10.4. The Labute approximate surface area is 151 Å². The van der Waals surface area contributed by atoms with E-state index in [-0.39, 0.29) is 17.4 Å². The van der Waals surface area contributed by atoms with Gasteiger partial charge in [-0.05, 0) is 61.9 Å². The molecule has 0 saturated heterocycles. The van der Waals surface area contributed by atoms with Crippen LogP contribution in [0, 0.1) is 12.7 Å². The number of nitrogens with one attached hydrogen (secondary N) is 1. The predicted octanol–water partition coefficient (Wildman–Crippen LogP) is 4.33. The van der Waals surface area contributed by atoms with Crippen LogP contribution in [0.4, 0.5) is 21.7 Å². The van der Waals surface area contributed by atoms with Gasteiger partial charge in [-0.1, -0.05) is 12.1 Å². The lowest BCUT2D eigenvalue weighted by Crippen LogP contribution is -2.21. The molecule has 1 amide bonds. The molecule has 3 rings (SSSR count). The second-order valence-electron chi connectivity index (χ2n) is 5.79. The number of aromatic nitrogens is 2. The van der Waals surface area contributed by atoms with E-state index in [9.17, 15) is 9.18 Å². The molecular formula is C20H19FN4O. The highest BCUT2D eigenvalue weighted by Crippen LogP contribution is 2.22. The number of benzene rings is 2. The summed E-state index contributed by atoms with van der Waals surface area (Å²) in [6.07, 6.45) is 1.56. The number of hydrogen-bond donors (Lipinski definition) is 1. The minimum Gasteiger partial charge on any atom is -0.321 e. The fourth-order valence-electron chi connectivity index (χ4n) is 2.57. The SMILES string of the molecule is CCN(c1cccc(C)c1)c1nccc(C(=O)Nc2ccc(F)cc2)n1. The lowest BCUT2D eigenvalue weighted by atomic mass is 10.2. The summed E-state index contributed by atoms with van der Waals surface area (Å²) in [5.41, 5.74) is 2.84. The van der Waals surface area contributed by atoms with Crippen LogP contribution in [0.15, 0.2) is 60.8 Å². The number of carbonyl (C=O) groups excluding carboxylic acids is 1. The zero-order valence-electron chi connectivity index (χ0n) is 14.6. The molecule has 0 aliphatic heterocycles. The number of aryl methyl sites for hydroxylation is 1. The van der Waals surface area contributed by atoms with Crippen molar-refractivity contribution in [2.24, 2.45) is 0 Å². The molecule has 0 radical (unpaired) electrons. The fraction of sp³-hybridized carbons (Fsp3) is 0.150. The first-order valence-electron chi connectivity index (χ1n) is 8.31. The van der Waals surface area contributed by atoms with Crippen molar-refractivity contribution >= 4 is 23.2 Å². The zero-order chi connectivity index (χ0) is 18.5. The van der Waals surface area contributed by atoms with E-state index >= 15 is 0 Å². The second-order valence-corrected chi connectivity index (χ2v) is 5.79. The van der Waals surface area contributed by atoms with E-state index in [2.05, 4.69) is 15.3 Å². The number of nitrogens with zero attached hydrogens (tertiary/aromatic N) is 3. The van der Waals surface area contributed by atoms with E-state index in [1.165, 1.54) is 24.3 Å². The third kappa shape index (κ3) is 4.03. The third-order valence-electron chi connectivity index (χ3n) is 3.85. The van der Waals surface area contributed by atoms with Crippen molar-refractivity contribution in [1.82, 2.24) is 9.97 Å². The summed E-state index contributed by atoms with van der Waals surface area (Å²) < 4.78 is 13.0. The molecule has 0 aliphatic rings. The van der Waals surface area contributed by atoms with Gasteiger partial charge in [0.05, 0.1) is 0 Å². The largest absolute Gasteiger partial charge is 0.321 e. The first kappa shape index (κ1) is 17.5. The van der Waals surface area contributed by atoms with E-state index in [0.717, 1.165) is 11.3 Å². The molecule has 0 fully saturated rings. The molecule has 1 aromatic heterocycles. The van der Waals surface area contributed by atoms with E-state index in [1.807, 2.05) is 43.0 Å². The molecule has 6 heteroatoms. The summed E-state index contributed by atoms with van der Waals surface area (Å²) >= 11 is 0. The van der Waals surface area contributed by atoms with Crippen LogP contribution >= 0.6 is 0 Å². The maximum absolute atomic E-state index is 13.0. The molecule has 0 saturated carbocycles. The molecule has 0 aliphatic carbocycles. The van der Waals surface area contributed by atoms with Gasteiger partial charge in [-0.15, -0.1) is 0 Å². The van der Waals surface area contributed by atoms with E-state index in [0.29, 0.717) is 18.2 Å². The summed E-state index contributed by atoms with van der Waals surface area (Å²) in [6, 6.07) is 15.1. The lowest BCUT2D eigenvalue weighted by Gasteiger charge is -2.21. The summed E-state index contributed by atoms with van der Waals surface area (Å²) in [7, 11) is 0. The van der Waals surface area contributed by atoms with Gasteiger partial charge >= 0.3 is 0 Å². The van der Waals surface area contributed by atoms with Crippen molar-refractivity contribution in [3.63, 3.8) is 0 Å². The summed E-state index contributed by atoms with van der Waals surface area (Å²) in [4.78, 5) is 23.1. The molecule has 26 heavy (non-hydrogen) atoms. The van der Waals surface area contributed by atoms with Crippen LogP contribution < -0.4 is 10.2 Å². The molecule has 2 aromatic carbocycles. The Morgan fingerprint density at radius 2 is 1.92 bits per heavy atom. The summed E-state index contributed by atoms with van der Waals surface area (Å²) in [6.45, 7) is 4.67. The van der Waals surface area contributed by atoms with Gasteiger partial charge in [-0.3, -0.25) is 4.79 Å². The van der Waals surface area contributed by atoms with Gasteiger partial charge in [-0.2, -0.15) is 0 Å². The topological polar surface area (TPSA) is 58.1 Å². The summed E-state index contributed by atoms with van der Waals surface area (Å²) in [5, 5.41) is 2.70. The highest BCUT2D eigenvalue weighted by atomic mass is 19.1. The minimum absolute atomic E-state index is 0.241. The molecule has 0 unspecified atom stereocenters. The van der Waals surface area contributed by atoms with Crippen LogP contribution in [0.3, 0.4) is 0 Å². The van der Waals surface area contributed by atoms with Crippen molar-refractivity contribution in [2.75, 3.05) is 16.8 Å². The first-order valence-corrected chi connectivity index (χ1v) is 8.31. The van der Waals surface area contributed by atoms with Crippen molar-refractivity contribution in [3.8, 4) is 0 Å². The molecule has 1 N–H and O–H groups in total. The van der Waals surface area contributed by atoms with Gasteiger partial charge in [0.15, 0.2) is 0 Å². The fourth-order valence-corrected chi connectivity index (χ4v) is 2.57. The molecule has 5 nitrogen and oxygen atoms in total. The van der Waals surface area contributed by atoms with Gasteiger partial charge in [-0.25, -0.2) is 14.4 Å². The Kier molecular flexibility index (Phi) is 5.22. The van der Waals surface area contributed by atoms with Gasteiger partial charge in [0.25, 0.3) is 5.91 Å². The van der Waals surface area contributed by atoms with Crippen LogP contribution in [-0.2, 0) is 0 Å². The Hall–Kier alpha value is -3.28. The Morgan fingerprint density at radius 3 is 2.62 bits per heavy atom. The van der Waals surface area contributed by atoms with Crippen LogP contribution in [0.25, 0.3) is 0 Å². The molecule has 0 bridgehead atoms. The van der Waals surface area contributed by atoms with Gasteiger partial charge in [0.1, 0.15) is 11.5 Å². The molecule has 1 heterocycles. The highest BCUT2D eigenvalue weighted by Gasteiger charge is 2.14. The molecule has 3 aromatic rings. The average molecular weight is 350 g/mol. The van der Waals surface area contributed by atoms with Crippen molar-refractivity contribution in [2.45, 2.75) is 13.8 Å². The maximum atomic E-state index is 13.0. The minimum atomic E-state index is -0.374. The summed E-state index contributed by atoms with van der Waals surface area (Å²) in [5.74, 6) is -0.283. The van der Waals surface area contributed by atoms with E-state index < -0.39 is 0 Å². The average Bonchev–Trinajstić information content (AvgIpc) is 2.65. The molecule has 132 valence electrons. The van der Waals surface area contributed by atoms with Crippen LogP contribution in [0.2, 0.25) is 0 Å². The monoisotopic (exact) mass is 350 g/mol. The van der Waals surface area contributed by atoms with Gasteiger partial charge in [0, 0.05) is 24.1 Å². The standard InChI is InChI=1S/C20H19FN4O/c1-3-25(17-6-4-5-14(2)13-17)20-22-12-11-18(24-20)19(26)23-16-9-7-15(21)8-10-16/h4-13H,3H2,1-2H3,(H,23,26). The number of halogens is 1. The molecule has 0 spiro atoms. The molecular weight excluding hydrogens is 331 g/mol. The second kappa shape index (κ2) is 7.74. The van der Waals surface area contributed by atoms with Crippen LogP contribution in [0.1, 0.15) is 23.0 Å². The quantitative estimate of drug-likeness (QED) is 0.744. The number of carbonyl (C=O) groups is 1. The Morgan fingerprint density at radius 1 is 1.15 bits per heavy atom. The maximum Gasteiger partial charge on any atom is 0.274 e. The number of anilines is 3. The highest BCUT2D eigenvalue weighted by molar-refractivity contribution is 6.03. The van der Waals surface area contributed by atoms with Crippen LogP contribution in [0.5, 0.6) is 0 Å². The lowest BCUT2D eigenvalue weighted by molar-refractivity contribution is 0.102. The number of rotatable bonds is 5. The van der Waals surface area contributed by atoms with Crippen LogP contribution in [-0.4, -0.2) is 22.4 Å². The Balaban J connectivity index is 1.84. The first-order chi connectivity index (χ1) is 12.6.